The van der Waals surface area contributed by atoms with Crippen molar-refractivity contribution in [3.05, 3.63) is 63.5 Å². The van der Waals surface area contributed by atoms with Gasteiger partial charge in [-0.1, -0.05) is 0 Å². The van der Waals surface area contributed by atoms with Crippen molar-refractivity contribution in [3.63, 3.8) is 0 Å². The third-order valence-electron chi connectivity index (χ3n) is 5.20. The molecule has 0 aromatic heterocycles. The lowest BCUT2D eigenvalue weighted by atomic mass is 10.0. The van der Waals surface area contributed by atoms with Crippen LogP contribution in [0.1, 0.15) is 41.2 Å². The first-order valence-corrected chi connectivity index (χ1v) is 10.3. The molecule has 146 valence electrons. The lowest BCUT2D eigenvalue weighted by Crippen LogP contribution is -2.31. The average Bonchev–Trinajstić information content (AvgIpc) is 3.22. The third-order valence-corrected chi connectivity index (χ3v) is 6.32. The maximum atomic E-state index is 13.7. The minimum Gasteiger partial charge on any atom is -0.366 e. The van der Waals surface area contributed by atoms with Gasteiger partial charge in [-0.15, -0.1) is 11.8 Å². The number of nitro groups is 1. The van der Waals surface area contributed by atoms with Gasteiger partial charge in [-0.25, -0.2) is 4.39 Å². The Morgan fingerprint density at radius 3 is 2.75 bits per heavy atom. The van der Waals surface area contributed by atoms with E-state index in [-0.39, 0.29) is 29.0 Å². The quantitative estimate of drug-likeness (QED) is 0.611. The number of halogens is 1. The second-order valence-electron chi connectivity index (χ2n) is 7.00. The standard InChI is InChI=1S/C20H20FN3O3S/c21-14-4-6-19-15(12-14)16(7-10-28-19)22-20(25)13-3-5-17(18(11-13)24(26)27)23-8-1-2-9-23/h3-6,11-12,16H,1-2,7-10H2,(H,22,25). The number of nitrogens with one attached hydrogen (secondary N) is 1. The summed E-state index contributed by atoms with van der Waals surface area (Å²) in [6.07, 6.45) is 2.70. The molecule has 0 spiro atoms. The molecule has 1 fully saturated rings. The zero-order valence-electron chi connectivity index (χ0n) is 15.2. The van der Waals surface area contributed by atoms with E-state index >= 15 is 0 Å². The summed E-state index contributed by atoms with van der Waals surface area (Å²) in [5, 5.41) is 14.5. The van der Waals surface area contributed by atoms with Gasteiger partial charge in [0.25, 0.3) is 11.6 Å². The monoisotopic (exact) mass is 401 g/mol. The number of anilines is 1. The molecule has 2 aromatic rings. The van der Waals surface area contributed by atoms with Crippen LogP contribution in [0.2, 0.25) is 0 Å². The van der Waals surface area contributed by atoms with E-state index in [1.165, 1.54) is 18.2 Å². The van der Waals surface area contributed by atoms with Gasteiger partial charge in [0.05, 0.1) is 11.0 Å². The number of benzene rings is 2. The first kappa shape index (κ1) is 18.7. The Morgan fingerprint density at radius 1 is 1.21 bits per heavy atom. The third kappa shape index (κ3) is 3.69. The predicted octanol–water partition coefficient (Wildman–Crippen LogP) is 4.30. The summed E-state index contributed by atoms with van der Waals surface area (Å²) >= 11 is 1.63. The first-order chi connectivity index (χ1) is 13.5. The van der Waals surface area contributed by atoms with Crippen molar-refractivity contribution in [1.29, 1.82) is 0 Å². The van der Waals surface area contributed by atoms with Crippen LogP contribution in [-0.4, -0.2) is 29.7 Å². The molecule has 1 N–H and O–H groups in total. The van der Waals surface area contributed by atoms with Crippen LogP contribution < -0.4 is 10.2 Å². The fraction of sp³-hybridized carbons (Fsp3) is 0.350. The number of carbonyl (C=O) groups excluding carboxylic acids is 1. The lowest BCUT2D eigenvalue weighted by molar-refractivity contribution is -0.384. The first-order valence-electron chi connectivity index (χ1n) is 9.29. The highest BCUT2D eigenvalue weighted by molar-refractivity contribution is 7.99. The number of carbonyl (C=O) groups is 1. The van der Waals surface area contributed by atoms with E-state index in [2.05, 4.69) is 5.32 Å². The maximum absolute atomic E-state index is 13.7. The van der Waals surface area contributed by atoms with Crippen molar-refractivity contribution in [2.45, 2.75) is 30.2 Å². The number of hydrogen-bond donors (Lipinski definition) is 1. The summed E-state index contributed by atoms with van der Waals surface area (Å²) in [7, 11) is 0. The fourth-order valence-electron chi connectivity index (χ4n) is 3.79. The molecular formula is C20H20FN3O3S. The second kappa shape index (κ2) is 7.79. The second-order valence-corrected chi connectivity index (χ2v) is 8.14. The summed E-state index contributed by atoms with van der Waals surface area (Å²) in [5.74, 6) is 0.0896. The number of nitrogens with zero attached hydrogens (tertiary/aromatic N) is 2. The van der Waals surface area contributed by atoms with Crippen molar-refractivity contribution in [2.75, 3.05) is 23.7 Å². The van der Waals surface area contributed by atoms with Gasteiger partial charge in [-0.3, -0.25) is 14.9 Å². The largest absolute Gasteiger partial charge is 0.366 e. The van der Waals surface area contributed by atoms with E-state index in [4.69, 9.17) is 0 Å². The number of hydrogen-bond acceptors (Lipinski definition) is 5. The fourth-order valence-corrected chi connectivity index (χ4v) is 4.90. The number of nitro benzene ring substituents is 1. The summed E-state index contributed by atoms with van der Waals surface area (Å²) in [6.45, 7) is 1.57. The minimum absolute atomic E-state index is 0.0554. The Labute approximate surface area is 166 Å². The number of thioether (sulfide) groups is 1. The normalized spacial score (nSPS) is 18.6. The minimum atomic E-state index is -0.438. The van der Waals surface area contributed by atoms with Crippen molar-refractivity contribution in [2.24, 2.45) is 0 Å². The molecule has 1 saturated heterocycles. The summed E-state index contributed by atoms with van der Waals surface area (Å²) in [5.41, 5.74) is 1.50. The molecule has 6 nitrogen and oxygen atoms in total. The molecular weight excluding hydrogens is 381 g/mol. The molecule has 2 aliphatic rings. The zero-order chi connectivity index (χ0) is 19.7. The van der Waals surface area contributed by atoms with E-state index < -0.39 is 4.92 Å². The van der Waals surface area contributed by atoms with Gasteiger partial charge in [-0.05, 0) is 55.2 Å². The van der Waals surface area contributed by atoms with Crippen LogP contribution in [-0.2, 0) is 0 Å². The lowest BCUT2D eigenvalue weighted by Gasteiger charge is -2.26. The van der Waals surface area contributed by atoms with E-state index in [0.29, 0.717) is 12.1 Å². The Kier molecular flexibility index (Phi) is 5.21. The Bertz CT molecular complexity index is 931. The zero-order valence-corrected chi connectivity index (χ0v) is 16.0. The molecule has 4 rings (SSSR count). The number of rotatable bonds is 4. The van der Waals surface area contributed by atoms with Crippen LogP contribution in [0.3, 0.4) is 0 Å². The van der Waals surface area contributed by atoms with E-state index in [1.807, 2.05) is 4.90 Å². The number of fused-ring (bicyclic) bond motifs is 1. The van der Waals surface area contributed by atoms with Gasteiger partial charge >= 0.3 is 0 Å². The van der Waals surface area contributed by atoms with Gasteiger partial charge in [0.1, 0.15) is 11.5 Å². The highest BCUT2D eigenvalue weighted by Gasteiger charge is 2.26. The summed E-state index contributed by atoms with van der Waals surface area (Å²) < 4.78 is 13.7. The molecule has 0 saturated carbocycles. The van der Waals surface area contributed by atoms with Gasteiger partial charge < -0.3 is 10.2 Å². The highest BCUT2D eigenvalue weighted by Crippen LogP contribution is 2.37. The Hall–Kier alpha value is -2.61. The molecule has 28 heavy (non-hydrogen) atoms. The molecule has 1 unspecified atom stereocenters. The summed E-state index contributed by atoms with van der Waals surface area (Å²) in [4.78, 5) is 26.8. The van der Waals surface area contributed by atoms with E-state index in [0.717, 1.165) is 42.1 Å². The molecule has 8 heteroatoms. The maximum Gasteiger partial charge on any atom is 0.293 e. The molecule has 0 bridgehead atoms. The molecule has 2 heterocycles. The van der Waals surface area contributed by atoms with Gasteiger partial charge in [0.15, 0.2) is 0 Å². The Morgan fingerprint density at radius 2 is 2.00 bits per heavy atom. The molecule has 0 radical (unpaired) electrons. The van der Waals surface area contributed by atoms with E-state index in [9.17, 15) is 19.3 Å². The SMILES string of the molecule is O=C(NC1CCSc2ccc(F)cc21)c1ccc(N2CCCC2)c([N+](=O)[O-])c1. The van der Waals surface area contributed by atoms with Crippen LogP contribution >= 0.6 is 11.8 Å². The predicted molar refractivity (Wildman–Crippen MR) is 106 cm³/mol. The Balaban J connectivity index is 1.58. The van der Waals surface area contributed by atoms with E-state index in [1.54, 1.807) is 30.0 Å². The molecule has 0 aliphatic carbocycles. The molecule has 1 atom stereocenters. The van der Waals surface area contributed by atoms with Crippen molar-refractivity contribution < 1.29 is 14.1 Å². The van der Waals surface area contributed by atoms with Crippen LogP contribution in [0.5, 0.6) is 0 Å². The van der Waals surface area contributed by atoms with Crippen LogP contribution in [0.25, 0.3) is 0 Å². The van der Waals surface area contributed by atoms with Crippen LogP contribution in [0.15, 0.2) is 41.3 Å². The molecule has 1 amide bonds. The molecule has 2 aromatic carbocycles. The van der Waals surface area contributed by atoms with Crippen molar-refractivity contribution >= 4 is 29.0 Å². The highest BCUT2D eigenvalue weighted by atomic mass is 32.2. The van der Waals surface area contributed by atoms with Crippen LogP contribution in [0, 0.1) is 15.9 Å². The van der Waals surface area contributed by atoms with Crippen LogP contribution in [0.4, 0.5) is 15.8 Å². The average molecular weight is 401 g/mol. The smallest absolute Gasteiger partial charge is 0.293 e. The van der Waals surface area contributed by atoms with Crippen molar-refractivity contribution in [1.82, 2.24) is 5.32 Å². The topological polar surface area (TPSA) is 75.5 Å². The van der Waals surface area contributed by atoms with Gasteiger partial charge in [0.2, 0.25) is 0 Å². The van der Waals surface area contributed by atoms with Crippen molar-refractivity contribution in [3.8, 4) is 0 Å². The van der Waals surface area contributed by atoms with Gasteiger partial charge in [-0.2, -0.15) is 0 Å². The van der Waals surface area contributed by atoms with Gasteiger partial charge in [0, 0.05) is 35.4 Å². The summed E-state index contributed by atoms with van der Waals surface area (Å²) in [6, 6.07) is 8.90. The molecule has 2 aliphatic heterocycles. The number of amides is 1.